The van der Waals surface area contributed by atoms with Gasteiger partial charge in [0.25, 0.3) is 6.71 Å². The SMILES string of the molecule is Cn1c2ccccc2c2c(N(c3ccc(C(C)(C)C)cc3)c3ccc(C(C)(C)C)cc3)ccc(N3c4ccc(C(C)(C)C)cc4B4c5cc6ccccc6cc5N(c5ccc(C(C)(C)C)cc5)c5cc(N(c6ccc(C(C)(C)C)cc6)c6ccc(C(C)(C)C)cc6)cc3c54)c21. The molecule has 478 valence electrons. The Morgan fingerprint density at radius 3 is 1.17 bits per heavy atom. The Hall–Kier alpha value is -9.26. The minimum absolute atomic E-state index is 0.00920. The molecule has 12 aromatic rings. The molecule has 0 fully saturated rings. The molecule has 0 spiro atoms. The van der Waals surface area contributed by atoms with Gasteiger partial charge in [0, 0.05) is 74.5 Å². The number of fused-ring (bicyclic) bond motifs is 8. The summed E-state index contributed by atoms with van der Waals surface area (Å²) in [7, 11) is 2.29. The van der Waals surface area contributed by atoms with Crippen molar-refractivity contribution in [3.05, 3.63) is 258 Å². The molecule has 3 heterocycles. The second kappa shape index (κ2) is 22.4. The van der Waals surface area contributed by atoms with Crippen LogP contribution in [0.1, 0.15) is 158 Å². The van der Waals surface area contributed by atoms with E-state index in [1.54, 1.807) is 0 Å². The monoisotopic (exact) mass is 1240 g/mol. The third kappa shape index (κ3) is 11.1. The molecule has 2 aliphatic rings. The molecular formula is C89H94BN5. The van der Waals surface area contributed by atoms with Crippen LogP contribution in [0.3, 0.4) is 0 Å². The van der Waals surface area contributed by atoms with Crippen LogP contribution < -0.4 is 36.0 Å². The number of anilines is 12. The maximum absolute atomic E-state index is 2.67. The van der Waals surface area contributed by atoms with Gasteiger partial charge in [-0.25, -0.2) is 0 Å². The molecule has 11 aromatic carbocycles. The fourth-order valence-electron chi connectivity index (χ4n) is 14.9. The highest BCUT2D eigenvalue weighted by Gasteiger charge is 2.46. The molecule has 0 bridgehead atoms. The number of aromatic nitrogens is 1. The lowest BCUT2D eigenvalue weighted by atomic mass is 9.33. The van der Waals surface area contributed by atoms with E-state index < -0.39 is 0 Å². The summed E-state index contributed by atoms with van der Waals surface area (Å²) >= 11 is 0. The zero-order valence-electron chi connectivity index (χ0n) is 59.7. The first-order valence-corrected chi connectivity index (χ1v) is 34.4. The van der Waals surface area contributed by atoms with Crippen molar-refractivity contribution >= 4 is 124 Å². The average Bonchev–Trinajstić information content (AvgIpc) is 1.44. The maximum atomic E-state index is 2.67. The molecule has 0 amide bonds. The molecule has 1 aromatic heterocycles. The highest BCUT2D eigenvalue weighted by molar-refractivity contribution is 7.00. The van der Waals surface area contributed by atoms with Crippen LogP contribution in [0.5, 0.6) is 0 Å². The van der Waals surface area contributed by atoms with Crippen LogP contribution in [0.15, 0.2) is 224 Å². The number of para-hydroxylation sites is 1. The molecule has 0 radical (unpaired) electrons. The highest BCUT2D eigenvalue weighted by Crippen LogP contribution is 2.53. The predicted molar refractivity (Wildman–Crippen MR) is 414 cm³/mol. The van der Waals surface area contributed by atoms with E-state index in [1.807, 2.05) is 0 Å². The second-order valence-corrected chi connectivity index (χ2v) is 33.3. The molecular weight excluding hydrogens is 1150 g/mol. The van der Waals surface area contributed by atoms with Crippen LogP contribution in [0.25, 0.3) is 32.6 Å². The molecule has 14 rings (SSSR count). The Morgan fingerprint density at radius 1 is 0.305 bits per heavy atom. The van der Waals surface area contributed by atoms with Crippen molar-refractivity contribution in [3.8, 4) is 0 Å². The van der Waals surface area contributed by atoms with Crippen LogP contribution in [0.2, 0.25) is 0 Å². The topological polar surface area (TPSA) is 17.9 Å². The Balaban J connectivity index is 1.13. The van der Waals surface area contributed by atoms with Crippen LogP contribution in [-0.2, 0) is 39.5 Å². The molecule has 5 nitrogen and oxygen atoms in total. The lowest BCUT2D eigenvalue weighted by molar-refractivity contribution is 0.590. The second-order valence-electron chi connectivity index (χ2n) is 33.3. The Morgan fingerprint density at radius 2 is 0.695 bits per heavy atom. The van der Waals surface area contributed by atoms with Crippen molar-refractivity contribution in [2.45, 2.75) is 157 Å². The average molecular weight is 1240 g/mol. The third-order valence-electron chi connectivity index (χ3n) is 20.5. The van der Waals surface area contributed by atoms with Crippen molar-refractivity contribution in [1.82, 2.24) is 4.57 Å². The van der Waals surface area contributed by atoms with Crippen molar-refractivity contribution in [1.29, 1.82) is 0 Å². The van der Waals surface area contributed by atoms with E-state index in [2.05, 4.69) is 380 Å². The van der Waals surface area contributed by atoms with E-state index in [1.165, 1.54) is 88.2 Å². The van der Waals surface area contributed by atoms with Gasteiger partial charge in [0.1, 0.15) is 0 Å². The van der Waals surface area contributed by atoms with E-state index in [9.17, 15) is 0 Å². The molecule has 0 N–H and O–H groups in total. The number of hydrogen-bond donors (Lipinski definition) is 0. The summed E-state index contributed by atoms with van der Waals surface area (Å²) in [6.07, 6.45) is 0. The summed E-state index contributed by atoms with van der Waals surface area (Å²) in [5.41, 5.74) is 27.2. The molecule has 6 heteroatoms. The summed E-state index contributed by atoms with van der Waals surface area (Å²) in [5.74, 6) is 0. The van der Waals surface area contributed by atoms with E-state index in [-0.39, 0.29) is 39.2 Å². The molecule has 0 saturated heterocycles. The van der Waals surface area contributed by atoms with Crippen molar-refractivity contribution in [3.63, 3.8) is 0 Å². The molecule has 2 aliphatic heterocycles. The number of benzene rings is 11. The molecule has 95 heavy (non-hydrogen) atoms. The van der Waals surface area contributed by atoms with E-state index in [0.717, 1.165) is 62.4 Å². The minimum atomic E-state index is -0.136. The lowest BCUT2D eigenvalue weighted by Crippen LogP contribution is -2.61. The van der Waals surface area contributed by atoms with Crippen LogP contribution in [-0.4, -0.2) is 11.3 Å². The third-order valence-corrected chi connectivity index (χ3v) is 20.5. The fourth-order valence-corrected chi connectivity index (χ4v) is 14.9. The zero-order chi connectivity index (χ0) is 67.2. The van der Waals surface area contributed by atoms with Gasteiger partial charge in [-0.2, -0.15) is 0 Å². The Kier molecular flexibility index (Phi) is 14.9. The largest absolute Gasteiger partial charge is 0.342 e. The van der Waals surface area contributed by atoms with Crippen molar-refractivity contribution in [2.75, 3.05) is 19.6 Å². The van der Waals surface area contributed by atoms with Gasteiger partial charge in [-0.15, -0.1) is 0 Å². The number of rotatable bonds is 8. The Bertz CT molecular complexity index is 4820. The number of aryl methyl sites for hydroxylation is 1. The zero-order valence-corrected chi connectivity index (χ0v) is 59.7. The molecule has 0 atom stereocenters. The number of hydrogen-bond acceptors (Lipinski definition) is 4. The van der Waals surface area contributed by atoms with Crippen LogP contribution in [0.4, 0.5) is 68.2 Å². The lowest BCUT2D eigenvalue weighted by Gasteiger charge is -2.45. The summed E-state index contributed by atoms with van der Waals surface area (Å²) in [6.45, 7) is 41.5. The van der Waals surface area contributed by atoms with Crippen molar-refractivity contribution < 1.29 is 0 Å². The fraction of sp³-hybridized carbons (Fsp3) is 0.281. The van der Waals surface area contributed by atoms with E-state index >= 15 is 0 Å². The highest BCUT2D eigenvalue weighted by atomic mass is 15.2. The van der Waals surface area contributed by atoms with E-state index in [4.69, 9.17) is 0 Å². The van der Waals surface area contributed by atoms with Gasteiger partial charge >= 0.3 is 0 Å². The van der Waals surface area contributed by atoms with Gasteiger partial charge in [0.15, 0.2) is 0 Å². The first-order chi connectivity index (χ1) is 44.8. The molecule has 0 unspecified atom stereocenters. The van der Waals surface area contributed by atoms with Gasteiger partial charge in [-0.05, 0) is 196 Å². The van der Waals surface area contributed by atoms with Crippen LogP contribution >= 0.6 is 0 Å². The summed E-state index contributed by atoms with van der Waals surface area (Å²) < 4.78 is 2.48. The quantitative estimate of drug-likeness (QED) is 0.141. The van der Waals surface area contributed by atoms with E-state index in [0.29, 0.717) is 0 Å². The maximum Gasteiger partial charge on any atom is 0.252 e. The predicted octanol–water partition coefficient (Wildman–Crippen LogP) is 23.3. The van der Waals surface area contributed by atoms with Gasteiger partial charge < -0.3 is 24.2 Å². The van der Waals surface area contributed by atoms with Gasteiger partial charge in [-0.1, -0.05) is 246 Å². The van der Waals surface area contributed by atoms with Gasteiger partial charge in [-0.3, -0.25) is 0 Å². The van der Waals surface area contributed by atoms with Crippen LogP contribution in [0, 0.1) is 0 Å². The van der Waals surface area contributed by atoms with Gasteiger partial charge in [0.2, 0.25) is 0 Å². The summed E-state index contributed by atoms with van der Waals surface area (Å²) in [4.78, 5) is 10.3. The molecule has 0 saturated carbocycles. The normalized spacial score (nSPS) is 13.6. The minimum Gasteiger partial charge on any atom is -0.342 e. The first kappa shape index (κ1) is 63.2. The standard InChI is InChI=1S/C89H94BN5/c1-84(2,3)59-28-39-65(40-29-59)92(66-41-30-60(31-42-66)85(4,5)6)70-55-79-82-80(56-70)95(75-49-38-64(89(16,17)18)54-73(75)90(82)72-52-57-24-20-21-25-58(57)53-78(72)94(79)69-47-36-63(37-48-69)88(13,14)15)77-51-50-76(81-71-26-22-23-27-74(71)91(19)83(77)81)93(67-43-32-61(33-44-67)86(7,8)9)68-45-34-62(35-46-68)87(10,11)12/h20-56H,1-19H3. The van der Waals surface area contributed by atoms with Crippen molar-refractivity contribution in [2.24, 2.45) is 7.05 Å². The smallest absolute Gasteiger partial charge is 0.252 e. The van der Waals surface area contributed by atoms with Gasteiger partial charge in [0.05, 0.1) is 22.6 Å². The molecule has 0 aliphatic carbocycles. The summed E-state index contributed by atoms with van der Waals surface area (Å²) in [5, 5.41) is 4.84. The number of nitrogens with zero attached hydrogens (tertiary/aromatic N) is 5. The first-order valence-electron chi connectivity index (χ1n) is 34.4. The summed E-state index contributed by atoms with van der Waals surface area (Å²) in [6, 6.07) is 87.2. The Labute approximate surface area is 566 Å².